The Morgan fingerprint density at radius 2 is 0.276 bits per heavy atom. The van der Waals surface area contributed by atoms with E-state index >= 15 is 0 Å². The van der Waals surface area contributed by atoms with Gasteiger partial charge >= 0.3 is 0 Å². The highest BCUT2D eigenvalue weighted by molar-refractivity contribution is 8.15. The van der Waals surface area contributed by atoms with Crippen molar-refractivity contribution in [3.05, 3.63) is 0 Å². The Labute approximate surface area is 944 Å². The number of hydrogen-bond acceptors (Lipinski definition) is 18. The molecule has 0 aromatic heterocycles. The maximum atomic E-state index is 11.7. The summed E-state index contributed by atoms with van der Waals surface area (Å²) < 4.78 is 10.2. The van der Waals surface area contributed by atoms with Gasteiger partial charge in [-0.2, -0.15) is 0 Å². The zero-order chi connectivity index (χ0) is 113. The first kappa shape index (κ1) is 162. The number of rotatable bonds is 82. The zero-order valence-electron chi connectivity index (χ0n) is 103. The third kappa shape index (κ3) is 101. The molecule has 145 heavy (non-hydrogen) atoms. The zero-order valence-corrected chi connectivity index (χ0v) is 111. The summed E-state index contributed by atoms with van der Waals surface area (Å²) in [5.41, 5.74) is 0. The van der Waals surface area contributed by atoms with E-state index in [1.165, 1.54) is 302 Å². The van der Waals surface area contributed by atoms with Crippen LogP contribution in [0.3, 0.4) is 0 Å². The van der Waals surface area contributed by atoms with Crippen LogP contribution in [0, 0.1) is 0 Å². The maximum Gasteiger partial charge on any atom is 0.189 e. The van der Waals surface area contributed by atoms with Gasteiger partial charge in [0.15, 0.2) is 46.0 Å². The van der Waals surface area contributed by atoms with Crippen LogP contribution in [-0.4, -0.2) is 377 Å². The van der Waals surface area contributed by atoms with E-state index in [2.05, 4.69) is 236 Å². The number of carbonyl (C=O) groups is 9. The molecule has 0 bridgehead atoms. The number of thioether (sulfide) groups is 9. The Morgan fingerprint density at radius 3 is 0.407 bits per heavy atom. The molecule has 0 saturated heterocycles. The summed E-state index contributed by atoms with van der Waals surface area (Å²) in [7, 11) is 12.9. The van der Waals surface area contributed by atoms with E-state index in [1.807, 2.05) is 13.8 Å². The molecule has 0 aliphatic carbocycles. The molecule has 0 radical (unpaired) electrons. The van der Waals surface area contributed by atoms with E-state index in [-0.39, 0.29) is 0 Å². The Kier molecular flexibility index (Phi) is 124. The lowest BCUT2D eigenvalue weighted by atomic mass is 10.2. The topological polar surface area (TPSA) is 154 Å². The number of nitrogens with zero attached hydrogens (tertiary/aromatic N) is 9. The lowest BCUT2D eigenvalue weighted by molar-refractivity contribution is -0.924. The van der Waals surface area contributed by atoms with Gasteiger partial charge in [-0.1, -0.05) is 282 Å². The number of carbonyl (C=O) groups excluding carboxylic acids is 9. The fourth-order valence-corrected chi connectivity index (χ4v) is 26.7. The summed E-state index contributed by atoms with van der Waals surface area (Å²) in [4.78, 5) is 103. The lowest BCUT2D eigenvalue weighted by Gasteiger charge is -2.37. The predicted octanol–water partition coefficient (Wildman–Crippen LogP) is 30.2. The van der Waals surface area contributed by atoms with Gasteiger partial charge in [-0.05, 0) is 192 Å². The van der Waals surface area contributed by atoms with Crippen molar-refractivity contribution in [2.45, 2.75) is 426 Å². The summed E-state index contributed by atoms with van der Waals surface area (Å²) >= 11 is 13.7. The van der Waals surface area contributed by atoms with Crippen molar-refractivity contribution in [1.82, 2.24) is 0 Å². The molecule has 27 heteroatoms. The fourth-order valence-electron chi connectivity index (χ4n) is 17.3. The van der Waals surface area contributed by atoms with E-state index in [9.17, 15) is 43.2 Å². The molecule has 0 aromatic rings. The second-order valence-corrected chi connectivity index (χ2v) is 52.4. The van der Waals surface area contributed by atoms with Crippen LogP contribution in [0.5, 0.6) is 0 Å². The first-order valence-corrected chi connectivity index (χ1v) is 68.7. The van der Waals surface area contributed by atoms with E-state index in [0.29, 0.717) is 52.5 Å². The van der Waals surface area contributed by atoms with Crippen LogP contribution in [0.2, 0.25) is 0 Å². The molecule has 3 atom stereocenters. The van der Waals surface area contributed by atoms with Crippen LogP contribution >= 0.6 is 106 Å². The van der Waals surface area contributed by atoms with Crippen molar-refractivity contribution in [1.29, 1.82) is 0 Å². The van der Waals surface area contributed by atoms with Crippen molar-refractivity contribution in [2.75, 3.05) is 290 Å². The van der Waals surface area contributed by atoms with Gasteiger partial charge in [0.1, 0.15) is 0 Å². The van der Waals surface area contributed by atoms with Gasteiger partial charge in [0.2, 0.25) is 0 Å². The Hall–Kier alpha value is -0.180. The summed E-state index contributed by atoms with van der Waals surface area (Å²) in [6.07, 6.45) is 35.5. The largest absolute Gasteiger partial charge is 0.330 e. The summed E-state index contributed by atoms with van der Waals surface area (Å²) in [5.74, 6) is 8.84. The van der Waals surface area contributed by atoms with E-state index in [0.717, 1.165) is 257 Å². The van der Waals surface area contributed by atoms with Gasteiger partial charge in [0, 0.05) is 57.8 Å². The Morgan fingerprint density at radius 1 is 0.138 bits per heavy atom. The first-order chi connectivity index (χ1) is 68.9. The van der Waals surface area contributed by atoms with Gasteiger partial charge in [0.05, 0.1) is 290 Å². The molecule has 0 heterocycles. The number of quaternary nitrogens is 9. The minimum Gasteiger partial charge on any atom is -0.330 e. The minimum atomic E-state index is 0.339. The number of unbranched alkanes of at least 4 members (excludes halogenated alkanes) is 7. The Balaban J connectivity index is -0.000000206. The SMILES string of the molecule is CCCC(=O)SCC[N+](C)(C)C.CCCC(=O)SCC[N+](CC)(CC)CC.CCCC(=O)SCC[N+](CC)(CCC)CCC.CCCCC(=O)SCC[N+](C)(C)C.CCCCC(=O)SCC[N+](CC)(CC)CC.CCCCC(=O)SCC[N+](CC)(CCC)CCC.CCCCC(=O)SCC[N+](CC)(CCC)CCCC.CCCC[N+](CC)(CCC)CCSC(=O)CC.CCCC[N+](CC)(CCC)CCSC(=O)CCC. The minimum absolute atomic E-state index is 0.339. The van der Waals surface area contributed by atoms with Crippen LogP contribution in [-0.2, 0) is 43.2 Å². The number of hydrogen-bond donors (Lipinski definition) is 0. The summed E-state index contributed by atoms with van der Waals surface area (Å²) in [6.45, 7) is 102. The molecule has 0 aliphatic rings. The van der Waals surface area contributed by atoms with Crippen molar-refractivity contribution in [3.8, 4) is 0 Å². The van der Waals surface area contributed by atoms with E-state index in [1.54, 1.807) is 47.0 Å². The predicted molar refractivity (Wildman–Crippen MR) is 668 cm³/mol. The molecule has 0 amide bonds. The van der Waals surface area contributed by atoms with Crippen molar-refractivity contribution < 1.29 is 83.5 Å². The lowest BCUT2D eigenvalue weighted by Crippen LogP contribution is -2.50. The molecule has 0 saturated carbocycles. The molecule has 0 spiro atoms. The van der Waals surface area contributed by atoms with E-state index in [4.69, 9.17) is 0 Å². The monoisotopic (exact) mass is 2230 g/mol. The molecular formula is C118H254N9O9S9+9. The maximum absolute atomic E-state index is 11.7. The van der Waals surface area contributed by atoms with Crippen molar-refractivity contribution >= 4 is 152 Å². The van der Waals surface area contributed by atoms with Gasteiger partial charge in [-0.25, -0.2) is 0 Å². The molecule has 870 valence electrons. The quantitative estimate of drug-likeness (QED) is 0.0530. The van der Waals surface area contributed by atoms with Crippen LogP contribution in [0.15, 0.2) is 0 Å². The third-order valence-corrected chi connectivity index (χ3v) is 36.4. The first-order valence-electron chi connectivity index (χ1n) is 59.8. The van der Waals surface area contributed by atoms with Crippen LogP contribution in [0.1, 0.15) is 426 Å². The van der Waals surface area contributed by atoms with Crippen LogP contribution in [0.4, 0.5) is 0 Å². The van der Waals surface area contributed by atoms with Crippen LogP contribution < -0.4 is 0 Å². The highest BCUT2D eigenvalue weighted by Gasteiger charge is 2.30. The average molecular weight is 2230 g/mol. The molecule has 3 unspecified atom stereocenters. The van der Waals surface area contributed by atoms with Crippen molar-refractivity contribution in [2.24, 2.45) is 0 Å². The van der Waals surface area contributed by atoms with Crippen molar-refractivity contribution in [3.63, 3.8) is 0 Å². The molecule has 0 aromatic carbocycles. The highest BCUT2D eigenvalue weighted by Crippen LogP contribution is 2.24. The van der Waals surface area contributed by atoms with Gasteiger partial charge in [-0.3, -0.25) is 43.2 Å². The van der Waals surface area contributed by atoms with E-state index < -0.39 is 0 Å². The average Bonchev–Trinajstić information content (AvgIpc) is 0.858. The van der Waals surface area contributed by atoms with Crippen LogP contribution in [0.25, 0.3) is 0 Å². The highest BCUT2D eigenvalue weighted by atomic mass is 32.2. The molecule has 0 N–H and O–H groups in total. The molecule has 0 rings (SSSR count). The second-order valence-electron chi connectivity index (χ2n) is 42.0. The molecule has 18 nitrogen and oxygen atoms in total. The molecular weight excluding hydrogens is 1980 g/mol. The van der Waals surface area contributed by atoms with Gasteiger partial charge in [0.25, 0.3) is 0 Å². The van der Waals surface area contributed by atoms with Gasteiger partial charge in [-0.15, -0.1) is 0 Å². The molecule has 0 fully saturated rings. The van der Waals surface area contributed by atoms with Gasteiger partial charge < -0.3 is 40.3 Å². The standard InChI is InChI=1S/C16H34NOS.2C15H32NOS.2C14H30NOS.C13H28NOS.C12H26NOS.C10H22NOS.C9H20NOS/c1-5-9-11-16(18)19-15-14-17(8-4,12-7-3)13-10-6-2;1-5-9-10-15(17)18-14-13-16(8-4,11-6-2)12-7-3;1-5-9-12-16(8-4,11-7-3)13-14-18-15(17)10-6-2;1-5-9-11-15(8-4,10-6-2)12-13-17-14(16)7-3;1-5-9-14(16)17-13-12-15(8-4,10-6-2)11-7-3;1-5-9-10-13(15)16-12-11-14(6-2,7-3)8-4;1-5-9-12(14)15-11-10-13(6-2,7-3)8-4;1-5-6-7-10(12)13-9-8-11(2,3)4;1-5-6-9(11)12-8-7-10(2,3)4/h5-15H2,1-4H3;2*5-14H2,1-4H3;2*5-13H2,1-4H3;5-12H2,1-4H3;5-11H2,1-4H3;5-9H2,1-4H3;5-8H2,1-4H3/q9*+1. The third-order valence-electron chi connectivity index (χ3n) is 28.1. The summed E-state index contributed by atoms with van der Waals surface area (Å²) in [6, 6.07) is 0. The fraction of sp³-hybridized carbons (Fsp3) is 0.924. The smallest absolute Gasteiger partial charge is 0.189 e. The second kappa shape index (κ2) is 111. The normalized spacial score (nSPS) is 12.7. The Bertz CT molecular complexity index is 2920. The molecule has 0 aliphatic heterocycles. The summed E-state index contributed by atoms with van der Waals surface area (Å²) in [5, 5.41) is 3.30.